The lowest BCUT2D eigenvalue weighted by Crippen LogP contribution is -2.20. The molecule has 0 spiro atoms. The van der Waals surface area contributed by atoms with Crippen LogP contribution in [0.15, 0.2) is 138 Å². The zero-order valence-corrected chi connectivity index (χ0v) is 25.7. The Balaban J connectivity index is 1.33. The fourth-order valence-corrected chi connectivity index (χ4v) is 7.00. The van der Waals surface area contributed by atoms with E-state index >= 15 is 0 Å². The van der Waals surface area contributed by atoms with E-state index in [1.165, 1.54) is 70.6 Å². The molecule has 2 heteroatoms. The summed E-state index contributed by atoms with van der Waals surface area (Å²) in [4.78, 5) is 4.60. The van der Waals surface area contributed by atoms with Crippen LogP contribution < -0.4 is 16.2 Å². The highest BCUT2D eigenvalue weighted by atomic mass is 14.7. The van der Waals surface area contributed by atoms with Gasteiger partial charge in [-0.3, -0.25) is 4.99 Å². The molecule has 6 aromatic rings. The molecule has 0 saturated carbocycles. The van der Waals surface area contributed by atoms with E-state index in [1.54, 1.807) is 6.21 Å². The normalized spacial score (nSPS) is 16.2. The van der Waals surface area contributed by atoms with Crippen LogP contribution in [0.1, 0.15) is 24.8 Å². The van der Waals surface area contributed by atoms with E-state index < -0.39 is 0 Å². The van der Waals surface area contributed by atoms with E-state index in [-0.39, 0.29) is 5.92 Å². The Morgan fingerprint density at radius 1 is 0.783 bits per heavy atom. The summed E-state index contributed by atoms with van der Waals surface area (Å²) >= 11 is 0. The molecule has 1 atom stereocenters. The van der Waals surface area contributed by atoms with Crippen LogP contribution in [0.25, 0.3) is 66.7 Å². The molecule has 0 aromatic heterocycles. The van der Waals surface area contributed by atoms with E-state index in [4.69, 9.17) is 5.73 Å². The number of aliphatic imine (C=N–C) groups is 1. The second kappa shape index (κ2) is 11.5. The topological polar surface area (TPSA) is 38.4 Å². The van der Waals surface area contributed by atoms with E-state index in [9.17, 15) is 0 Å². The summed E-state index contributed by atoms with van der Waals surface area (Å²) in [6.45, 7) is 1.87. The fraction of sp³-hybridized carbons (Fsp3) is 0.0682. The molecule has 0 aliphatic heterocycles. The van der Waals surface area contributed by atoms with E-state index in [2.05, 4.69) is 138 Å². The van der Waals surface area contributed by atoms with Gasteiger partial charge in [-0.15, -0.1) is 0 Å². The van der Waals surface area contributed by atoms with Crippen molar-refractivity contribution in [3.05, 3.63) is 149 Å². The molecule has 8 rings (SSSR count). The van der Waals surface area contributed by atoms with Crippen molar-refractivity contribution in [3.63, 3.8) is 0 Å². The number of benzene rings is 6. The average molecular weight is 589 g/mol. The standard InChI is InChI=1S/C44H32N2/c1-29(45)11-8-9-26-46-36-24-22-32(23-25-36)43-37-16-4-6-18-39(37)44(40-19-7-5-17-38(40)43)35-27-33-13-3-2-12-30-14-10-15-31-20-21-34(28-35)42(33)41(30)31/h4-11,13-28,30H,3,45H2,1H3/b9-8-,29-11+,33-13-,46-26?. The monoisotopic (exact) mass is 588 g/mol. The summed E-state index contributed by atoms with van der Waals surface area (Å²) in [6.07, 6.45) is 17.1. The molecule has 0 saturated heterocycles. The quantitative estimate of drug-likeness (QED) is 0.0927. The molecule has 0 bridgehead atoms. The molecular formula is C44H32N2. The first-order chi connectivity index (χ1) is 22.7. The first-order valence-corrected chi connectivity index (χ1v) is 15.8. The molecule has 2 N–H and O–H groups in total. The largest absolute Gasteiger partial charge is 0.402 e. The Hall–Kier alpha value is -5.91. The third kappa shape index (κ3) is 4.84. The van der Waals surface area contributed by atoms with Gasteiger partial charge in [-0.2, -0.15) is 0 Å². The van der Waals surface area contributed by atoms with Crippen LogP contribution in [0.3, 0.4) is 0 Å². The van der Waals surface area contributed by atoms with Crippen molar-refractivity contribution in [2.45, 2.75) is 19.3 Å². The van der Waals surface area contributed by atoms with Gasteiger partial charge in [0.25, 0.3) is 0 Å². The Bertz CT molecular complexity index is 2450. The van der Waals surface area contributed by atoms with Crippen molar-refractivity contribution >= 4 is 56.4 Å². The average Bonchev–Trinajstić information content (AvgIpc) is 3.07. The van der Waals surface area contributed by atoms with Gasteiger partial charge in [0.15, 0.2) is 0 Å². The van der Waals surface area contributed by atoms with Gasteiger partial charge in [0.2, 0.25) is 0 Å². The molecule has 46 heavy (non-hydrogen) atoms. The van der Waals surface area contributed by atoms with E-state index in [0.29, 0.717) is 0 Å². The summed E-state index contributed by atoms with van der Waals surface area (Å²) in [7, 11) is 0. The molecule has 2 aliphatic carbocycles. The van der Waals surface area contributed by atoms with Gasteiger partial charge in [0.1, 0.15) is 0 Å². The van der Waals surface area contributed by atoms with Crippen molar-refractivity contribution in [3.8, 4) is 34.1 Å². The van der Waals surface area contributed by atoms with Crippen LogP contribution in [-0.4, -0.2) is 6.21 Å². The molecule has 218 valence electrons. The van der Waals surface area contributed by atoms with Crippen molar-refractivity contribution < 1.29 is 0 Å². The maximum absolute atomic E-state index is 5.71. The smallest absolute Gasteiger partial charge is 0.0648 e. The summed E-state index contributed by atoms with van der Waals surface area (Å²) in [5.41, 5.74) is 13.6. The highest BCUT2D eigenvalue weighted by molar-refractivity contribution is 6.21. The van der Waals surface area contributed by atoms with Gasteiger partial charge in [-0.1, -0.05) is 115 Å². The zero-order chi connectivity index (χ0) is 31.0. The number of nitrogens with zero attached hydrogens (tertiary/aromatic N) is 1. The summed E-state index contributed by atoms with van der Waals surface area (Å²) in [5.74, 6) is 7.04. The minimum atomic E-state index is 0.133. The molecule has 0 fully saturated rings. The van der Waals surface area contributed by atoms with E-state index in [1.807, 2.05) is 25.2 Å². The lowest BCUT2D eigenvalue weighted by Gasteiger charge is -2.20. The predicted molar refractivity (Wildman–Crippen MR) is 198 cm³/mol. The van der Waals surface area contributed by atoms with Crippen LogP contribution in [0.5, 0.6) is 0 Å². The summed E-state index contributed by atoms with van der Waals surface area (Å²) < 4.78 is 0. The predicted octanol–water partition coefficient (Wildman–Crippen LogP) is 9.22. The minimum Gasteiger partial charge on any atom is -0.402 e. The van der Waals surface area contributed by atoms with Gasteiger partial charge < -0.3 is 5.73 Å². The van der Waals surface area contributed by atoms with Gasteiger partial charge in [-0.25, -0.2) is 0 Å². The molecule has 2 nitrogen and oxygen atoms in total. The number of fused-ring (bicyclic) bond motifs is 2. The molecule has 0 radical (unpaired) electrons. The Morgan fingerprint density at radius 3 is 2.17 bits per heavy atom. The fourth-order valence-electron chi connectivity index (χ4n) is 7.00. The van der Waals surface area contributed by atoms with Gasteiger partial charge >= 0.3 is 0 Å². The zero-order valence-electron chi connectivity index (χ0n) is 25.7. The molecule has 2 aliphatic rings. The van der Waals surface area contributed by atoms with Gasteiger partial charge in [0.05, 0.1) is 11.6 Å². The van der Waals surface area contributed by atoms with Gasteiger partial charge in [0, 0.05) is 18.3 Å². The lowest BCUT2D eigenvalue weighted by molar-refractivity contribution is 1.11. The number of allylic oxidation sites excluding steroid dienone is 6. The first-order valence-electron chi connectivity index (χ1n) is 15.8. The van der Waals surface area contributed by atoms with Gasteiger partial charge in [-0.05, 0) is 114 Å². The second-order valence-electron chi connectivity index (χ2n) is 12.0. The Morgan fingerprint density at radius 2 is 1.48 bits per heavy atom. The van der Waals surface area contributed by atoms with Crippen LogP contribution >= 0.6 is 0 Å². The van der Waals surface area contributed by atoms with Crippen molar-refractivity contribution in [1.82, 2.24) is 0 Å². The molecule has 0 heterocycles. The van der Waals surface area contributed by atoms with Crippen molar-refractivity contribution in [2.24, 2.45) is 10.7 Å². The van der Waals surface area contributed by atoms with Crippen LogP contribution in [0.2, 0.25) is 0 Å². The SMILES string of the molecule is C/C(N)=C\C=C/C=Nc1ccc(-c2c3ccccc3c(-c3c/c4c5c6c(ccc5c3)=CC=CC6C#CC\C=4)c3ccccc23)cc1. The second-order valence-corrected chi connectivity index (χ2v) is 12.0. The third-order valence-corrected chi connectivity index (χ3v) is 8.95. The highest BCUT2D eigenvalue weighted by Crippen LogP contribution is 2.44. The maximum atomic E-state index is 5.71. The first kappa shape index (κ1) is 27.6. The van der Waals surface area contributed by atoms with Crippen LogP contribution in [0, 0.1) is 11.8 Å². The third-order valence-electron chi connectivity index (χ3n) is 8.95. The number of hydrogen-bond donors (Lipinski definition) is 1. The maximum Gasteiger partial charge on any atom is 0.0648 e. The van der Waals surface area contributed by atoms with Crippen LogP contribution in [-0.2, 0) is 0 Å². The molecule has 6 aromatic carbocycles. The molecule has 1 unspecified atom stereocenters. The number of hydrogen-bond acceptors (Lipinski definition) is 2. The van der Waals surface area contributed by atoms with Crippen molar-refractivity contribution in [2.75, 3.05) is 0 Å². The summed E-state index contributed by atoms with van der Waals surface area (Å²) in [5, 5.41) is 10.1. The summed E-state index contributed by atoms with van der Waals surface area (Å²) in [6, 6.07) is 35.5. The lowest BCUT2D eigenvalue weighted by atomic mass is 9.83. The number of nitrogens with two attached hydrogens (primary N) is 1. The minimum absolute atomic E-state index is 0.133. The van der Waals surface area contributed by atoms with Crippen LogP contribution in [0.4, 0.5) is 5.69 Å². The van der Waals surface area contributed by atoms with E-state index in [0.717, 1.165) is 17.8 Å². The molecular weight excluding hydrogens is 556 g/mol. The Labute approximate surface area is 268 Å². The van der Waals surface area contributed by atoms with Crippen molar-refractivity contribution in [1.29, 1.82) is 0 Å². The molecule has 0 amide bonds. The Kier molecular flexibility index (Phi) is 6.93. The number of rotatable bonds is 5. The highest BCUT2D eigenvalue weighted by Gasteiger charge is 2.19.